The minimum absolute atomic E-state index is 0.0192. The van der Waals surface area contributed by atoms with E-state index in [4.69, 9.17) is 0 Å². The van der Waals surface area contributed by atoms with Crippen molar-refractivity contribution in [3.63, 3.8) is 0 Å². The molecule has 1 aliphatic heterocycles. The normalized spacial score (nSPS) is 16.4. The van der Waals surface area contributed by atoms with Gasteiger partial charge in [-0.15, -0.1) is 0 Å². The highest BCUT2D eigenvalue weighted by molar-refractivity contribution is 7.92. The maximum Gasteiger partial charge on any atom is 0.264 e. The maximum atomic E-state index is 13.6. The topological polar surface area (TPSA) is 57.7 Å². The number of sulfonamides is 1. The number of para-hydroxylation sites is 1. The van der Waals surface area contributed by atoms with Gasteiger partial charge in [-0.3, -0.25) is 9.10 Å². The highest BCUT2D eigenvalue weighted by Gasteiger charge is 2.36. The van der Waals surface area contributed by atoms with Crippen molar-refractivity contribution in [2.75, 3.05) is 11.4 Å². The van der Waals surface area contributed by atoms with Gasteiger partial charge in [-0.1, -0.05) is 30.3 Å². The molecule has 5 nitrogen and oxygen atoms in total. The first-order valence-electron chi connectivity index (χ1n) is 10.6. The van der Waals surface area contributed by atoms with Gasteiger partial charge in [0.25, 0.3) is 15.9 Å². The second kappa shape index (κ2) is 8.59. The molecule has 0 aliphatic carbocycles. The van der Waals surface area contributed by atoms with Crippen LogP contribution in [0.2, 0.25) is 0 Å². The van der Waals surface area contributed by atoms with Crippen molar-refractivity contribution in [2.24, 2.45) is 0 Å². The van der Waals surface area contributed by atoms with Crippen LogP contribution in [0, 0.1) is 11.6 Å². The van der Waals surface area contributed by atoms with Crippen LogP contribution in [0.5, 0.6) is 0 Å². The summed E-state index contributed by atoms with van der Waals surface area (Å²) >= 11 is 0. The summed E-state index contributed by atoms with van der Waals surface area (Å²) in [4.78, 5) is 14.5. The first kappa shape index (κ1) is 22.9. The van der Waals surface area contributed by atoms with E-state index in [0.717, 1.165) is 17.7 Å². The Morgan fingerprint density at radius 1 is 1.03 bits per heavy atom. The lowest BCUT2D eigenvalue weighted by molar-refractivity contribution is 0.0742. The van der Waals surface area contributed by atoms with E-state index in [2.05, 4.69) is 0 Å². The van der Waals surface area contributed by atoms with Crippen LogP contribution in [0.25, 0.3) is 0 Å². The molecule has 0 bridgehead atoms. The highest BCUT2D eigenvalue weighted by Crippen LogP contribution is 2.36. The average Bonchev–Trinajstić information content (AvgIpc) is 3.15. The summed E-state index contributed by atoms with van der Waals surface area (Å²) in [7, 11) is -2.36. The van der Waals surface area contributed by atoms with Crippen LogP contribution in [0.4, 0.5) is 14.5 Å². The second-order valence-corrected chi connectivity index (χ2v) is 10.1. The third kappa shape index (κ3) is 4.11. The van der Waals surface area contributed by atoms with Gasteiger partial charge in [0.15, 0.2) is 11.6 Å². The van der Waals surface area contributed by atoms with Crippen LogP contribution in [0.15, 0.2) is 71.6 Å². The van der Waals surface area contributed by atoms with Crippen molar-refractivity contribution < 1.29 is 22.0 Å². The summed E-state index contributed by atoms with van der Waals surface area (Å²) in [5, 5.41) is 0. The van der Waals surface area contributed by atoms with Gasteiger partial charge < -0.3 is 4.90 Å². The Labute approximate surface area is 192 Å². The molecular formula is C25H24F2N2O3S. The van der Waals surface area contributed by atoms with Crippen LogP contribution in [-0.2, 0) is 16.4 Å². The van der Waals surface area contributed by atoms with Crippen molar-refractivity contribution >= 4 is 21.6 Å². The standard InChI is InChI=1S/C25H24F2N2O3S/c1-16-13-19-7-4-5-10-24(19)29(16)33(31,32)21-9-6-8-20(14-21)25(30)28(3)17(2)18-11-12-22(26)23(27)15-18/h4-12,14-17H,13H2,1-3H3. The van der Waals surface area contributed by atoms with E-state index in [0.29, 0.717) is 17.7 Å². The summed E-state index contributed by atoms with van der Waals surface area (Å²) in [5.41, 5.74) is 2.22. The third-order valence-electron chi connectivity index (χ3n) is 6.11. The van der Waals surface area contributed by atoms with Gasteiger partial charge in [0.1, 0.15) is 0 Å². The van der Waals surface area contributed by atoms with Crippen LogP contribution in [0.1, 0.15) is 41.4 Å². The first-order valence-corrected chi connectivity index (χ1v) is 12.0. The second-order valence-electron chi connectivity index (χ2n) is 8.28. The smallest absolute Gasteiger partial charge is 0.264 e. The van der Waals surface area contributed by atoms with Crippen molar-refractivity contribution in [3.8, 4) is 0 Å². The van der Waals surface area contributed by atoms with Crippen LogP contribution in [-0.4, -0.2) is 32.3 Å². The number of fused-ring (bicyclic) bond motifs is 1. The quantitative estimate of drug-likeness (QED) is 0.531. The van der Waals surface area contributed by atoms with Crippen LogP contribution < -0.4 is 4.31 Å². The fourth-order valence-electron chi connectivity index (χ4n) is 4.18. The minimum atomic E-state index is -3.89. The lowest BCUT2D eigenvalue weighted by Crippen LogP contribution is -2.36. The zero-order chi connectivity index (χ0) is 23.9. The van der Waals surface area contributed by atoms with Crippen molar-refractivity contribution in [2.45, 2.75) is 37.2 Å². The van der Waals surface area contributed by atoms with Gasteiger partial charge in [-0.2, -0.15) is 0 Å². The van der Waals surface area contributed by atoms with E-state index >= 15 is 0 Å². The van der Waals surface area contributed by atoms with E-state index in [1.165, 1.54) is 46.6 Å². The van der Waals surface area contributed by atoms with Crippen LogP contribution >= 0.6 is 0 Å². The Bertz CT molecular complexity index is 1330. The maximum absolute atomic E-state index is 13.6. The number of carbonyl (C=O) groups excluding carboxylic acids is 1. The van der Waals surface area contributed by atoms with E-state index in [-0.39, 0.29) is 16.5 Å². The Morgan fingerprint density at radius 2 is 1.76 bits per heavy atom. The van der Waals surface area contributed by atoms with Gasteiger partial charge >= 0.3 is 0 Å². The Hall–Kier alpha value is -3.26. The van der Waals surface area contributed by atoms with Gasteiger partial charge in [-0.05, 0) is 67.8 Å². The number of nitrogens with zero attached hydrogens (tertiary/aromatic N) is 2. The number of carbonyl (C=O) groups is 1. The largest absolute Gasteiger partial charge is 0.335 e. The fourth-order valence-corrected chi connectivity index (χ4v) is 5.92. The number of rotatable bonds is 5. The summed E-state index contributed by atoms with van der Waals surface area (Å²) < 4.78 is 55.3. The predicted octanol–water partition coefficient (Wildman–Crippen LogP) is 4.94. The number of halogens is 2. The predicted molar refractivity (Wildman–Crippen MR) is 123 cm³/mol. The molecule has 0 saturated heterocycles. The summed E-state index contributed by atoms with van der Waals surface area (Å²) in [5.74, 6) is -2.39. The molecule has 3 aromatic carbocycles. The molecule has 1 heterocycles. The number of benzene rings is 3. The lowest BCUT2D eigenvalue weighted by atomic mass is 10.1. The molecule has 3 aromatic rings. The lowest BCUT2D eigenvalue weighted by Gasteiger charge is -2.27. The number of amides is 1. The van der Waals surface area contributed by atoms with E-state index in [1.54, 1.807) is 19.1 Å². The number of hydrogen-bond donors (Lipinski definition) is 0. The Morgan fingerprint density at radius 3 is 2.48 bits per heavy atom. The molecule has 0 radical (unpaired) electrons. The van der Waals surface area contributed by atoms with Gasteiger partial charge in [0.05, 0.1) is 16.6 Å². The fraction of sp³-hybridized carbons (Fsp3) is 0.240. The molecule has 2 unspecified atom stereocenters. The van der Waals surface area contributed by atoms with E-state index in [1.807, 2.05) is 19.1 Å². The Balaban J connectivity index is 1.63. The van der Waals surface area contributed by atoms with Crippen molar-refractivity contribution in [3.05, 3.63) is 95.1 Å². The summed E-state index contributed by atoms with van der Waals surface area (Å²) in [6.45, 7) is 3.54. The molecule has 1 aliphatic rings. The molecule has 0 N–H and O–H groups in total. The summed E-state index contributed by atoms with van der Waals surface area (Å²) in [6.07, 6.45) is 0.614. The molecule has 8 heteroatoms. The average molecular weight is 471 g/mol. The third-order valence-corrected chi connectivity index (χ3v) is 8.03. The molecular weight excluding hydrogens is 446 g/mol. The van der Waals surface area contributed by atoms with E-state index < -0.39 is 33.6 Å². The van der Waals surface area contributed by atoms with Crippen LogP contribution in [0.3, 0.4) is 0 Å². The molecule has 2 atom stereocenters. The summed E-state index contributed by atoms with van der Waals surface area (Å²) in [6, 6.07) is 16.0. The molecule has 33 heavy (non-hydrogen) atoms. The van der Waals surface area contributed by atoms with Gasteiger partial charge in [0, 0.05) is 18.7 Å². The number of anilines is 1. The van der Waals surface area contributed by atoms with Crippen molar-refractivity contribution in [1.82, 2.24) is 4.90 Å². The SMILES string of the molecule is CC(c1ccc(F)c(F)c1)N(C)C(=O)c1cccc(S(=O)(=O)N2c3ccccc3CC2C)c1. The monoisotopic (exact) mass is 470 g/mol. The molecule has 0 saturated carbocycles. The molecule has 0 aromatic heterocycles. The van der Waals surface area contributed by atoms with Crippen molar-refractivity contribution in [1.29, 1.82) is 0 Å². The van der Waals surface area contributed by atoms with E-state index in [9.17, 15) is 22.0 Å². The molecule has 4 rings (SSSR count). The zero-order valence-corrected chi connectivity index (χ0v) is 19.3. The molecule has 1 amide bonds. The number of hydrogen-bond acceptors (Lipinski definition) is 3. The molecule has 0 fully saturated rings. The van der Waals surface area contributed by atoms with Gasteiger partial charge in [0.2, 0.25) is 0 Å². The Kier molecular flexibility index (Phi) is 5.97. The molecule has 0 spiro atoms. The molecule has 172 valence electrons. The minimum Gasteiger partial charge on any atom is -0.335 e. The first-order chi connectivity index (χ1) is 15.6. The van der Waals surface area contributed by atoms with Gasteiger partial charge in [-0.25, -0.2) is 17.2 Å². The highest BCUT2D eigenvalue weighted by atomic mass is 32.2. The zero-order valence-electron chi connectivity index (χ0n) is 18.5.